The number of Topliss-reactive ketones (excluding diaryl/α,β-unsaturated/α-hetero) is 1. The number of carbonyl (C=O) groups excluding carboxylic acids is 3. The van der Waals surface area contributed by atoms with Crippen LogP contribution in [0.15, 0.2) is 59.7 Å². The number of pyridine rings is 1. The molecule has 11 nitrogen and oxygen atoms in total. The summed E-state index contributed by atoms with van der Waals surface area (Å²) in [6.45, 7) is 3.23. The van der Waals surface area contributed by atoms with E-state index < -0.39 is 0 Å². The van der Waals surface area contributed by atoms with Gasteiger partial charge in [0.1, 0.15) is 23.7 Å². The smallest absolute Gasteiger partial charge is 0.311 e. The van der Waals surface area contributed by atoms with Crippen LogP contribution >= 0.6 is 23.2 Å². The van der Waals surface area contributed by atoms with Crippen molar-refractivity contribution < 1.29 is 28.6 Å². The molecule has 0 aliphatic carbocycles. The summed E-state index contributed by atoms with van der Waals surface area (Å²) in [5.74, 6) is 0.329. The third kappa shape index (κ3) is 9.19. The molecular weight excluding hydrogens is 681 g/mol. The Hall–Kier alpha value is -4.48. The summed E-state index contributed by atoms with van der Waals surface area (Å²) in [6, 6.07) is 15.1. The van der Waals surface area contributed by atoms with Gasteiger partial charge >= 0.3 is 5.97 Å². The zero-order valence-electron chi connectivity index (χ0n) is 28.5. The van der Waals surface area contributed by atoms with Gasteiger partial charge in [-0.1, -0.05) is 35.3 Å². The highest BCUT2D eigenvalue weighted by Crippen LogP contribution is 2.36. The Morgan fingerprint density at radius 2 is 1.88 bits per heavy atom. The maximum atomic E-state index is 13.2. The van der Waals surface area contributed by atoms with Crippen molar-refractivity contribution >= 4 is 63.3 Å². The average molecular weight is 723 g/mol. The fourth-order valence-electron chi connectivity index (χ4n) is 5.90. The lowest BCUT2D eigenvalue weighted by Crippen LogP contribution is -2.27. The van der Waals surface area contributed by atoms with E-state index in [0.717, 1.165) is 29.8 Å². The number of aromatic nitrogens is 3. The first-order valence-electron chi connectivity index (χ1n) is 16.7. The van der Waals surface area contributed by atoms with E-state index in [1.807, 2.05) is 41.0 Å². The molecule has 0 saturated heterocycles. The zero-order chi connectivity index (χ0) is 35.6. The van der Waals surface area contributed by atoms with Gasteiger partial charge in [-0.25, -0.2) is 0 Å². The number of para-hydroxylation sites is 1. The largest absolute Gasteiger partial charge is 0.486 e. The van der Waals surface area contributed by atoms with Gasteiger partial charge in [-0.15, -0.1) is 0 Å². The Kier molecular flexibility index (Phi) is 12.8. The van der Waals surface area contributed by atoms with Gasteiger partial charge in [0.25, 0.3) is 6.01 Å². The zero-order valence-corrected chi connectivity index (χ0v) is 30.0. The molecule has 0 spiro atoms. The quantitative estimate of drug-likeness (QED) is 0.111. The topological polar surface area (TPSA) is 125 Å². The molecule has 0 N–H and O–H groups in total. The minimum Gasteiger partial charge on any atom is -0.486 e. The standard InChI is InChI=1S/C37H41Cl2N5O6/c1-4-49-34(47)20-25-13-11-24(21-41-25)12-14-27(45)15-18-33(46)43(2)30-17-16-29(38)28(35(30)39)23-50-32-10-7-9-31-36(32)42-37(48-3)44(31)22-26-8-5-6-19-40-26/h5-10,16-17,19,24H,4,11-15,18,20-23H2,1-3H3. The van der Waals surface area contributed by atoms with Crippen LogP contribution in [0.3, 0.4) is 0 Å². The number of imidazole rings is 1. The highest BCUT2D eigenvalue weighted by molar-refractivity contribution is 6.38. The van der Waals surface area contributed by atoms with Crippen molar-refractivity contribution in [2.75, 3.05) is 32.2 Å². The number of rotatable bonds is 16. The van der Waals surface area contributed by atoms with Crippen LogP contribution in [-0.2, 0) is 32.3 Å². The molecule has 0 radical (unpaired) electrons. The number of amides is 1. The fourth-order valence-corrected chi connectivity index (χ4v) is 6.51. The Morgan fingerprint density at radius 3 is 2.60 bits per heavy atom. The van der Waals surface area contributed by atoms with Crippen molar-refractivity contribution in [2.24, 2.45) is 10.9 Å². The van der Waals surface area contributed by atoms with Crippen molar-refractivity contribution in [1.82, 2.24) is 14.5 Å². The Balaban J connectivity index is 1.17. The van der Waals surface area contributed by atoms with Crippen LogP contribution in [0, 0.1) is 5.92 Å². The first kappa shape index (κ1) is 36.8. The predicted molar refractivity (Wildman–Crippen MR) is 194 cm³/mol. The third-order valence-electron chi connectivity index (χ3n) is 8.73. The predicted octanol–water partition coefficient (Wildman–Crippen LogP) is 7.27. The number of carbonyl (C=O) groups is 3. The number of benzene rings is 2. The van der Waals surface area contributed by atoms with E-state index in [9.17, 15) is 14.4 Å². The van der Waals surface area contributed by atoms with E-state index >= 15 is 0 Å². The number of esters is 1. The van der Waals surface area contributed by atoms with Gasteiger partial charge in [0.15, 0.2) is 0 Å². The lowest BCUT2D eigenvalue weighted by Gasteiger charge is -2.22. The van der Waals surface area contributed by atoms with Crippen LogP contribution in [0.4, 0.5) is 5.69 Å². The van der Waals surface area contributed by atoms with Crippen LogP contribution in [0.25, 0.3) is 11.0 Å². The highest BCUT2D eigenvalue weighted by Gasteiger charge is 2.22. The number of nitrogens with zero attached hydrogens (tertiary/aromatic N) is 5. The minimum absolute atomic E-state index is 0.0239. The van der Waals surface area contributed by atoms with E-state index in [-0.39, 0.29) is 54.5 Å². The molecule has 0 fully saturated rings. The fraction of sp³-hybridized carbons (Fsp3) is 0.405. The Bertz CT molecular complexity index is 1860. The molecule has 50 heavy (non-hydrogen) atoms. The number of fused-ring (bicyclic) bond motifs is 1. The number of ether oxygens (including phenoxy) is 3. The number of ketones is 1. The summed E-state index contributed by atoms with van der Waals surface area (Å²) in [6.07, 6.45) is 4.86. The number of aliphatic imine (C=N–C) groups is 1. The lowest BCUT2D eigenvalue weighted by atomic mass is 9.91. The molecule has 2 aromatic carbocycles. The van der Waals surface area contributed by atoms with Crippen molar-refractivity contribution in [3.63, 3.8) is 0 Å². The summed E-state index contributed by atoms with van der Waals surface area (Å²) >= 11 is 13.4. The van der Waals surface area contributed by atoms with Gasteiger partial charge in [0.05, 0.1) is 48.6 Å². The molecular formula is C37H41Cl2N5O6. The number of anilines is 1. The van der Waals surface area contributed by atoms with E-state index in [4.69, 9.17) is 37.4 Å². The van der Waals surface area contributed by atoms with Gasteiger partial charge in [0.2, 0.25) is 5.91 Å². The van der Waals surface area contributed by atoms with Gasteiger partial charge in [-0.3, -0.25) is 28.9 Å². The van der Waals surface area contributed by atoms with E-state index in [0.29, 0.717) is 66.1 Å². The van der Waals surface area contributed by atoms with Gasteiger partial charge in [-0.2, -0.15) is 4.98 Å². The maximum absolute atomic E-state index is 13.2. The normalized spacial score (nSPS) is 14.3. The number of methoxy groups -OCH3 is 1. The maximum Gasteiger partial charge on any atom is 0.311 e. The van der Waals surface area contributed by atoms with E-state index in [1.54, 1.807) is 39.4 Å². The molecule has 1 amide bonds. The van der Waals surface area contributed by atoms with Crippen molar-refractivity contribution in [1.29, 1.82) is 0 Å². The number of hydrogen-bond donors (Lipinski definition) is 0. The molecule has 4 aromatic rings. The summed E-state index contributed by atoms with van der Waals surface area (Å²) in [7, 11) is 3.19. The average Bonchev–Trinajstić information content (AvgIpc) is 3.48. The van der Waals surface area contributed by atoms with E-state index in [1.165, 1.54) is 4.90 Å². The number of hydrogen-bond acceptors (Lipinski definition) is 9. The summed E-state index contributed by atoms with van der Waals surface area (Å²) in [4.78, 5) is 52.6. The van der Waals surface area contributed by atoms with Crippen molar-refractivity contribution in [2.45, 2.75) is 65.0 Å². The van der Waals surface area contributed by atoms with E-state index in [2.05, 4.69) is 15.0 Å². The first-order chi connectivity index (χ1) is 24.2. The monoisotopic (exact) mass is 721 g/mol. The Labute approximate surface area is 301 Å². The molecule has 2 aromatic heterocycles. The third-order valence-corrected chi connectivity index (χ3v) is 9.50. The van der Waals surface area contributed by atoms with Crippen LogP contribution in [-0.4, -0.2) is 65.2 Å². The molecule has 5 rings (SSSR count). The van der Waals surface area contributed by atoms with Gasteiger partial charge in [0, 0.05) is 55.3 Å². The van der Waals surface area contributed by atoms with Crippen molar-refractivity contribution in [3.8, 4) is 11.8 Å². The molecule has 1 atom stereocenters. The summed E-state index contributed by atoms with van der Waals surface area (Å²) < 4.78 is 18.7. The van der Waals surface area contributed by atoms with Crippen LogP contribution in [0.1, 0.15) is 63.1 Å². The molecule has 0 saturated carbocycles. The Morgan fingerprint density at radius 1 is 1.04 bits per heavy atom. The molecule has 13 heteroatoms. The van der Waals surface area contributed by atoms with Crippen LogP contribution in [0.5, 0.6) is 11.8 Å². The van der Waals surface area contributed by atoms with Gasteiger partial charge in [-0.05, 0) is 68.5 Å². The lowest BCUT2D eigenvalue weighted by molar-refractivity contribution is -0.141. The van der Waals surface area contributed by atoms with Crippen LogP contribution < -0.4 is 14.4 Å². The molecule has 1 aliphatic rings. The second-order valence-electron chi connectivity index (χ2n) is 12.1. The number of halogens is 2. The molecule has 1 unspecified atom stereocenters. The van der Waals surface area contributed by atoms with Crippen LogP contribution in [0.2, 0.25) is 10.0 Å². The summed E-state index contributed by atoms with van der Waals surface area (Å²) in [5, 5.41) is 0.672. The molecule has 264 valence electrons. The molecule has 0 bridgehead atoms. The molecule has 3 heterocycles. The van der Waals surface area contributed by atoms with Gasteiger partial charge < -0.3 is 19.1 Å². The van der Waals surface area contributed by atoms with Crippen molar-refractivity contribution in [3.05, 3.63) is 76.0 Å². The second-order valence-corrected chi connectivity index (χ2v) is 12.9. The minimum atomic E-state index is -0.254. The molecule has 1 aliphatic heterocycles. The second kappa shape index (κ2) is 17.4. The highest BCUT2D eigenvalue weighted by atomic mass is 35.5. The first-order valence-corrected chi connectivity index (χ1v) is 17.4. The summed E-state index contributed by atoms with van der Waals surface area (Å²) in [5.41, 5.74) is 4.11. The SMILES string of the molecule is CCOC(=O)CC1=NCC(CCC(=O)CCC(=O)N(C)c2ccc(Cl)c(COc3cccc4c3nc(OC)n4Cc3ccccn3)c2Cl)CC1.